The van der Waals surface area contributed by atoms with Crippen molar-refractivity contribution in [2.45, 2.75) is 19.3 Å². The molecule has 1 aliphatic rings. The molecule has 0 radical (unpaired) electrons. The topological polar surface area (TPSA) is 29.9 Å². The first-order chi connectivity index (χ1) is 9.33. The number of aromatic nitrogens is 2. The van der Waals surface area contributed by atoms with Crippen LogP contribution in [0.15, 0.2) is 36.7 Å². The molecule has 1 saturated heterocycles. The fraction of sp³-hybridized carbons (Fsp3) is 0.400. The Bertz CT molecular complexity index is 530. The first-order valence-electron chi connectivity index (χ1n) is 6.82. The number of hydrogen-bond donors (Lipinski definition) is 1. The Kier molecular flexibility index (Phi) is 3.85. The molecule has 1 aromatic heterocycles. The van der Waals surface area contributed by atoms with Gasteiger partial charge in [0.2, 0.25) is 0 Å². The van der Waals surface area contributed by atoms with Crippen LogP contribution in [0, 0.1) is 5.92 Å². The fourth-order valence-corrected chi connectivity index (χ4v) is 2.98. The zero-order valence-corrected chi connectivity index (χ0v) is 11.6. The van der Waals surface area contributed by atoms with Crippen LogP contribution in [0.1, 0.15) is 18.4 Å². The van der Waals surface area contributed by atoms with E-state index in [0.29, 0.717) is 0 Å². The number of nitrogens with one attached hydrogen (secondary N) is 1. The number of nitrogens with zero attached hydrogens (tertiary/aromatic N) is 2. The highest BCUT2D eigenvalue weighted by Crippen LogP contribution is 2.24. The zero-order chi connectivity index (χ0) is 13.1. The molecule has 3 nitrogen and oxygen atoms in total. The third kappa shape index (κ3) is 2.99. The van der Waals surface area contributed by atoms with Crippen LogP contribution in [0.5, 0.6) is 0 Å². The molecule has 100 valence electrons. The second-order valence-corrected chi connectivity index (χ2v) is 5.54. The van der Waals surface area contributed by atoms with Crippen molar-refractivity contribution >= 4 is 11.6 Å². The SMILES string of the molecule is Clc1cc(CC2CCNCC2)ccc1-n1cccn1. The average molecular weight is 276 g/mol. The minimum Gasteiger partial charge on any atom is -0.317 e. The van der Waals surface area contributed by atoms with E-state index in [2.05, 4.69) is 28.6 Å². The molecule has 1 fully saturated rings. The average Bonchev–Trinajstić information content (AvgIpc) is 2.94. The van der Waals surface area contributed by atoms with Gasteiger partial charge in [-0.15, -0.1) is 0 Å². The predicted molar refractivity (Wildman–Crippen MR) is 77.9 cm³/mol. The van der Waals surface area contributed by atoms with Gasteiger partial charge in [0.05, 0.1) is 10.7 Å². The van der Waals surface area contributed by atoms with Crippen LogP contribution in [0.25, 0.3) is 5.69 Å². The highest BCUT2D eigenvalue weighted by atomic mass is 35.5. The zero-order valence-electron chi connectivity index (χ0n) is 10.8. The van der Waals surface area contributed by atoms with Crippen molar-refractivity contribution in [1.82, 2.24) is 15.1 Å². The van der Waals surface area contributed by atoms with E-state index < -0.39 is 0 Å². The highest BCUT2D eigenvalue weighted by Gasteiger charge is 2.14. The van der Waals surface area contributed by atoms with Crippen LogP contribution in [-0.4, -0.2) is 22.9 Å². The molecule has 3 rings (SSSR count). The summed E-state index contributed by atoms with van der Waals surface area (Å²) in [7, 11) is 0. The van der Waals surface area contributed by atoms with Crippen LogP contribution < -0.4 is 5.32 Å². The van der Waals surface area contributed by atoms with E-state index in [1.807, 2.05) is 12.3 Å². The van der Waals surface area contributed by atoms with E-state index in [4.69, 9.17) is 11.6 Å². The maximum absolute atomic E-state index is 6.37. The van der Waals surface area contributed by atoms with Gasteiger partial charge >= 0.3 is 0 Å². The number of hydrogen-bond acceptors (Lipinski definition) is 2. The third-order valence-corrected chi connectivity index (χ3v) is 4.05. The number of benzene rings is 1. The summed E-state index contributed by atoms with van der Waals surface area (Å²) in [4.78, 5) is 0. The largest absolute Gasteiger partial charge is 0.317 e. The maximum atomic E-state index is 6.37. The molecule has 19 heavy (non-hydrogen) atoms. The van der Waals surface area contributed by atoms with Crippen molar-refractivity contribution in [1.29, 1.82) is 0 Å². The molecular formula is C15H18ClN3. The standard InChI is InChI=1S/C15H18ClN3/c16-14-11-13(10-12-4-7-17-8-5-12)2-3-15(14)19-9-1-6-18-19/h1-3,6,9,11-12,17H,4-5,7-8,10H2. The van der Waals surface area contributed by atoms with Crippen molar-refractivity contribution in [3.63, 3.8) is 0 Å². The summed E-state index contributed by atoms with van der Waals surface area (Å²) in [5, 5.41) is 8.39. The Balaban J connectivity index is 1.75. The van der Waals surface area contributed by atoms with Crippen molar-refractivity contribution in [3.8, 4) is 5.69 Å². The molecule has 0 amide bonds. The summed E-state index contributed by atoms with van der Waals surface area (Å²) in [6, 6.07) is 8.22. The van der Waals surface area contributed by atoms with Gasteiger partial charge in [0.1, 0.15) is 0 Å². The van der Waals surface area contributed by atoms with Gasteiger partial charge in [-0.1, -0.05) is 17.7 Å². The Hall–Kier alpha value is -1.32. The molecule has 0 bridgehead atoms. The number of piperidine rings is 1. The molecule has 4 heteroatoms. The Morgan fingerprint density at radius 1 is 1.32 bits per heavy atom. The number of halogens is 1. The van der Waals surface area contributed by atoms with Gasteiger partial charge in [0.25, 0.3) is 0 Å². The smallest absolute Gasteiger partial charge is 0.0831 e. The minimum atomic E-state index is 0.773. The summed E-state index contributed by atoms with van der Waals surface area (Å²) >= 11 is 6.37. The molecular weight excluding hydrogens is 258 g/mol. The van der Waals surface area contributed by atoms with Crippen molar-refractivity contribution in [2.24, 2.45) is 5.92 Å². The van der Waals surface area contributed by atoms with Crippen LogP contribution in [-0.2, 0) is 6.42 Å². The summed E-state index contributed by atoms with van der Waals surface area (Å²) in [5.41, 5.74) is 2.27. The Morgan fingerprint density at radius 3 is 2.84 bits per heavy atom. The lowest BCUT2D eigenvalue weighted by atomic mass is 9.91. The summed E-state index contributed by atoms with van der Waals surface area (Å²) in [6.45, 7) is 2.29. The van der Waals surface area contributed by atoms with Gasteiger partial charge in [-0.3, -0.25) is 0 Å². The normalized spacial score (nSPS) is 16.7. The molecule has 1 aliphatic heterocycles. The molecule has 0 saturated carbocycles. The van der Waals surface area contributed by atoms with E-state index in [9.17, 15) is 0 Å². The van der Waals surface area contributed by atoms with Crippen molar-refractivity contribution in [2.75, 3.05) is 13.1 Å². The van der Waals surface area contributed by atoms with E-state index in [1.54, 1.807) is 10.9 Å². The second kappa shape index (κ2) is 5.76. The van der Waals surface area contributed by atoms with Crippen molar-refractivity contribution in [3.05, 3.63) is 47.2 Å². The van der Waals surface area contributed by atoms with Gasteiger partial charge in [-0.25, -0.2) is 4.68 Å². The number of rotatable bonds is 3. The summed E-state index contributed by atoms with van der Waals surface area (Å²) in [6.07, 6.45) is 7.32. The molecule has 0 spiro atoms. The van der Waals surface area contributed by atoms with Gasteiger partial charge in [0, 0.05) is 12.4 Å². The highest BCUT2D eigenvalue weighted by molar-refractivity contribution is 6.32. The maximum Gasteiger partial charge on any atom is 0.0831 e. The van der Waals surface area contributed by atoms with Gasteiger partial charge < -0.3 is 5.32 Å². The predicted octanol–water partition coefficient (Wildman–Crippen LogP) is 3.07. The van der Waals surface area contributed by atoms with E-state index in [0.717, 1.165) is 36.1 Å². The molecule has 1 aromatic carbocycles. The molecule has 1 N–H and O–H groups in total. The quantitative estimate of drug-likeness (QED) is 0.933. The molecule has 0 aliphatic carbocycles. The van der Waals surface area contributed by atoms with Gasteiger partial charge in [-0.2, -0.15) is 5.10 Å². The molecule has 2 aromatic rings. The summed E-state index contributed by atoms with van der Waals surface area (Å²) < 4.78 is 1.80. The van der Waals surface area contributed by atoms with Gasteiger partial charge in [-0.05, 0) is 62.0 Å². The van der Waals surface area contributed by atoms with E-state index in [1.165, 1.54) is 18.4 Å². The molecule has 0 atom stereocenters. The fourth-order valence-electron chi connectivity index (χ4n) is 2.69. The summed E-state index contributed by atoms with van der Waals surface area (Å²) in [5.74, 6) is 0.785. The second-order valence-electron chi connectivity index (χ2n) is 5.13. The first kappa shape index (κ1) is 12.7. The van der Waals surface area contributed by atoms with Crippen LogP contribution in [0.3, 0.4) is 0 Å². The third-order valence-electron chi connectivity index (χ3n) is 3.75. The minimum absolute atomic E-state index is 0.773. The Morgan fingerprint density at radius 2 is 2.16 bits per heavy atom. The van der Waals surface area contributed by atoms with E-state index in [-0.39, 0.29) is 0 Å². The van der Waals surface area contributed by atoms with Gasteiger partial charge in [0.15, 0.2) is 0 Å². The van der Waals surface area contributed by atoms with E-state index >= 15 is 0 Å². The lowest BCUT2D eigenvalue weighted by Crippen LogP contribution is -2.28. The van der Waals surface area contributed by atoms with Crippen LogP contribution in [0.2, 0.25) is 5.02 Å². The lowest BCUT2D eigenvalue weighted by molar-refractivity contribution is 0.372. The van der Waals surface area contributed by atoms with Crippen LogP contribution in [0.4, 0.5) is 0 Å². The lowest BCUT2D eigenvalue weighted by Gasteiger charge is -2.22. The Labute approximate surface area is 118 Å². The molecule has 0 unspecified atom stereocenters. The monoisotopic (exact) mass is 275 g/mol. The van der Waals surface area contributed by atoms with Crippen LogP contribution >= 0.6 is 11.6 Å². The molecule has 2 heterocycles. The first-order valence-corrected chi connectivity index (χ1v) is 7.20. The van der Waals surface area contributed by atoms with Crippen molar-refractivity contribution < 1.29 is 0 Å².